The van der Waals surface area contributed by atoms with Crippen LogP contribution in [0.15, 0.2) is 24.3 Å². The lowest BCUT2D eigenvalue weighted by Gasteiger charge is -2.23. The van der Waals surface area contributed by atoms with Gasteiger partial charge >= 0.3 is 0 Å². The number of aliphatic carboxylic acids is 1. The van der Waals surface area contributed by atoms with Crippen molar-refractivity contribution in [2.45, 2.75) is 38.6 Å². The van der Waals surface area contributed by atoms with Crippen LogP contribution in [0.2, 0.25) is 0 Å². The van der Waals surface area contributed by atoms with E-state index in [4.69, 9.17) is 4.74 Å². The van der Waals surface area contributed by atoms with Crippen LogP contribution in [0.5, 0.6) is 5.75 Å². The number of carboxylic acid groups (broad SMARTS) is 1. The molecule has 1 atom stereocenters. The molecular formula is C17H24NO4S-. The molecule has 1 aromatic rings. The lowest BCUT2D eigenvalue weighted by atomic mass is 9.86. The molecule has 6 heteroatoms. The molecule has 0 saturated carbocycles. The van der Waals surface area contributed by atoms with Crippen molar-refractivity contribution in [2.24, 2.45) is 0 Å². The minimum absolute atomic E-state index is 0.112. The fourth-order valence-corrected chi connectivity index (χ4v) is 2.55. The van der Waals surface area contributed by atoms with Crippen LogP contribution in [0.25, 0.3) is 0 Å². The van der Waals surface area contributed by atoms with Crippen LogP contribution in [0, 0.1) is 0 Å². The molecule has 23 heavy (non-hydrogen) atoms. The normalized spacial score (nSPS) is 12.5. The van der Waals surface area contributed by atoms with Gasteiger partial charge in [0.25, 0.3) is 5.91 Å². The van der Waals surface area contributed by atoms with E-state index < -0.39 is 17.9 Å². The molecule has 0 aromatic heterocycles. The SMILES string of the molecule is CSCC[C@H](NC(=O)COc1ccccc1C(C)(C)C)C(=O)[O-]. The average Bonchev–Trinajstić information content (AvgIpc) is 2.48. The lowest BCUT2D eigenvalue weighted by molar-refractivity contribution is -0.308. The highest BCUT2D eigenvalue weighted by atomic mass is 32.2. The first-order chi connectivity index (χ1) is 10.8. The molecule has 0 saturated heterocycles. The topological polar surface area (TPSA) is 78.5 Å². The largest absolute Gasteiger partial charge is 0.548 e. The Kier molecular flexibility index (Phi) is 7.42. The van der Waals surface area contributed by atoms with E-state index in [1.54, 1.807) is 6.07 Å². The first-order valence-corrected chi connectivity index (χ1v) is 8.86. The Hall–Kier alpha value is -1.69. The number of nitrogens with one attached hydrogen (secondary N) is 1. The number of carboxylic acids is 1. The van der Waals surface area contributed by atoms with Crippen LogP contribution < -0.4 is 15.2 Å². The molecule has 0 radical (unpaired) electrons. The smallest absolute Gasteiger partial charge is 0.258 e. The summed E-state index contributed by atoms with van der Waals surface area (Å²) < 4.78 is 5.58. The zero-order valence-corrected chi connectivity index (χ0v) is 14.9. The van der Waals surface area contributed by atoms with Crippen molar-refractivity contribution in [1.29, 1.82) is 0 Å². The molecule has 0 aliphatic heterocycles. The first-order valence-electron chi connectivity index (χ1n) is 7.47. The van der Waals surface area contributed by atoms with Crippen molar-refractivity contribution >= 4 is 23.6 Å². The number of carbonyl (C=O) groups is 2. The van der Waals surface area contributed by atoms with Crippen LogP contribution in [0.3, 0.4) is 0 Å². The third kappa shape index (κ3) is 6.52. The van der Waals surface area contributed by atoms with Crippen LogP contribution in [-0.2, 0) is 15.0 Å². The Balaban J connectivity index is 2.64. The quantitative estimate of drug-likeness (QED) is 0.774. The monoisotopic (exact) mass is 338 g/mol. The van der Waals surface area contributed by atoms with E-state index in [0.29, 0.717) is 17.9 Å². The molecule has 0 fully saturated rings. The number of thioether (sulfide) groups is 1. The predicted octanol–water partition coefficient (Wildman–Crippen LogP) is 1.35. The van der Waals surface area contributed by atoms with E-state index in [1.807, 2.05) is 24.5 Å². The number of hydrogen-bond donors (Lipinski definition) is 1. The molecule has 0 aliphatic rings. The standard InChI is InChI=1S/C17H25NO4S/c1-17(2,3)12-7-5-6-8-14(12)22-11-15(19)18-13(16(20)21)9-10-23-4/h5-8,13H,9-11H2,1-4H3,(H,18,19)(H,20,21)/p-1/t13-/m0/s1. The van der Waals surface area contributed by atoms with Gasteiger partial charge in [-0.05, 0) is 35.5 Å². The Morgan fingerprint density at radius 3 is 2.52 bits per heavy atom. The second-order valence-electron chi connectivity index (χ2n) is 6.26. The Morgan fingerprint density at radius 2 is 1.96 bits per heavy atom. The summed E-state index contributed by atoms with van der Waals surface area (Å²) in [6, 6.07) is 6.52. The van der Waals surface area contributed by atoms with Crippen molar-refractivity contribution in [1.82, 2.24) is 5.32 Å². The second kappa shape index (κ2) is 8.82. The van der Waals surface area contributed by atoms with Crippen molar-refractivity contribution in [3.8, 4) is 5.75 Å². The summed E-state index contributed by atoms with van der Waals surface area (Å²) in [5.74, 6) is -0.483. The van der Waals surface area contributed by atoms with Gasteiger partial charge in [0.15, 0.2) is 6.61 Å². The van der Waals surface area contributed by atoms with Crippen molar-refractivity contribution in [3.05, 3.63) is 29.8 Å². The average molecular weight is 338 g/mol. The minimum atomic E-state index is -1.28. The van der Waals surface area contributed by atoms with E-state index >= 15 is 0 Å². The molecule has 1 aromatic carbocycles. The maximum absolute atomic E-state index is 11.9. The van der Waals surface area contributed by atoms with Gasteiger partial charge in [-0.1, -0.05) is 39.0 Å². The van der Waals surface area contributed by atoms with Gasteiger partial charge in [-0.15, -0.1) is 0 Å². The zero-order chi connectivity index (χ0) is 17.5. The molecular weight excluding hydrogens is 314 g/mol. The number of carbonyl (C=O) groups excluding carboxylic acids is 2. The lowest BCUT2D eigenvalue weighted by Crippen LogP contribution is -2.49. The zero-order valence-electron chi connectivity index (χ0n) is 14.0. The molecule has 5 nitrogen and oxygen atoms in total. The molecule has 0 aliphatic carbocycles. The molecule has 0 heterocycles. The number of ether oxygens (including phenoxy) is 1. The van der Waals surface area contributed by atoms with E-state index in [2.05, 4.69) is 26.1 Å². The fourth-order valence-electron chi connectivity index (χ4n) is 2.08. The van der Waals surface area contributed by atoms with Gasteiger partial charge in [-0.2, -0.15) is 11.8 Å². The molecule has 128 valence electrons. The van der Waals surface area contributed by atoms with Crippen LogP contribution in [0.1, 0.15) is 32.8 Å². The first kappa shape index (κ1) is 19.4. The number of benzene rings is 1. The van der Waals surface area contributed by atoms with Crippen LogP contribution >= 0.6 is 11.8 Å². The Labute approximate surface area is 141 Å². The van der Waals surface area contributed by atoms with Gasteiger partial charge < -0.3 is 20.0 Å². The van der Waals surface area contributed by atoms with Gasteiger partial charge in [-0.25, -0.2) is 0 Å². The minimum Gasteiger partial charge on any atom is -0.548 e. The van der Waals surface area contributed by atoms with Gasteiger partial charge in [0.2, 0.25) is 0 Å². The van der Waals surface area contributed by atoms with Crippen LogP contribution in [-0.4, -0.2) is 36.5 Å². The summed E-state index contributed by atoms with van der Waals surface area (Å²) in [7, 11) is 0. The van der Waals surface area contributed by atoms with Gasteiger partial charge in [0.05, 0.1) is 12.0 Å². The highest BCUT2D eigenvalue weighted by molar-refractivity contribution is 7.98. The highest BCUT2D eigenvalue weighted by Gasteiger charge is 2.19. The number of para-hydroxylation sites is 1. The second-order valence-corrected chi connectivity index (χ2v) is 7.24. The molecule has 1 rings (SSSR count). The van der Waals surface area contributed by atoms with Gasteiger partial charge in [0.1, 0.15) is 5.75 Å². The molecule has 1 amide bonds. The third-order valence-corrected chi connectivity index (χ3v) is 3.93. The van der Waals surface area contributed by atoms with E-state index in [9.17, 15) is 14.7 Å². The number of hydrogen-bond acceptors (Lipinski definition) is 5. The summed E-state index contributed by atoms with van der Waals surface area (Å²) in [6.07, 6.45) is 2.20. The Morgan fingerprint density at radius 1 is 1.30 bits per heavy atom. The molecule has 0 bridgehead atoms. The molecule has 1 N–H and O–H groups in total. The molecule has 0 unspecified atom stereocenters. The maximum atomic E-state index is 11.9. The van der Waals surface area contributed by atoms with E-state index in [0.717, 1.165) is 5.56 Å². The number of amides is 1. The summed E-state index contributed by atoms with van der Waals surface area (Å²) >= 11 is 1.52. The van der Waals surface area contributed by atoms with Gasteiger partial charge in [-0.3, -0.25) is 4.79 Å². The van der Waals surface area contributed by atoms with Crippen LogP contribution in [0.4, 0.5) is 0 Å². The Bertz CT molecular complexity index is 540. The van der Waals surface area contributed by atoms with E-state index in [-0.39, 0.29) is 12.0 Å². The summed E-state index contributed by atoms with van der Waals surface area (Å²) in [6.45, 7) is 5.95. The predicted molar refractivity (Wildman–Crippen MR) is 90.6 cm³/mol. The van der Waals surface area contributed by atoms with Crippen molar-refractivity contribution < 1.29 is 19.4 Å². The van der Waals surface area contributed by atoms with Crippen molar-refractivity contribution in [2.75, 3.05) is 18.6 Å². The van der Waals surface area contributed by atoms with Gasteiger partial charge in [0, 0.05) is 0 Å². The molecule has 0 spiro atoms. The fraction of sp³-hybridized carbons (Fsp3) is 0.529. The number of rotatable bonds is 8. The van der Waals surface area contributed by atoms with Crippen molar-refractivity contribution in [3.63, 3.8) is 0 Å². The summed E-state index contributed by atoms with van der Waals surface area (Å²) in [4.78, 5) is 22.9. The highest BCUT2D eigenvalue weighted by Crippen LogP contribution is 2.30. The summed E-state index contributed by atoms with van der Waals surface area (Å²) in [5.41, 5.74) is 0.880. The third-order valence-electron chi connectivity index (χ3n) is 3.28. The summed E-state index contributed by atoms with van der Waals surface area (Å²) in [5, 5.41) is 13.5. The maximum Gasteiger partial charge on any atom is 0.258 e. The van der Waals surface area contributed by atoms with E-state index in [1.165, 1.54) is 11.8 Å².